The Morgan fingerprint density at radius 2 is 2.19 bits per heavy atom. The molecule has 148 valence electrons. The van der Waals surface area contributed by atoms with Gasteiger partial charge in [-0.3, -0.25) is 4.99 Å². The first-order chi connectivity index (χ1) is 12.5. The number of guanidine groups is 1. The minimum Gasteiger partial charge on any atom is -0.375 e. The lowest BCUT2D eigenvalue weighted by Crippen LogP contribution is -2.40. The number of aliphatic imine (C=N–C) groups is 1. The molecule has 0 radical (unpaired) electrons. The van der Waals surface area contributed by atoms with Gasteiger partial charge in [0.1, 0.15) is 11.1 Å². The molecule has 1 heterocycles. The van der Waals surface area contributed by atoms with E-state index in [9.17, 15) is 0 Å². The molecule has 0 spiro atoms. The maximum absolute atomic E-state index is 5.35. The summed E-state index contributed by atoms with van der Waals surface area (Å²) in [6, 6.07) is 9.10. The van der Waals surface area contributed by atoms with Crippen molar-refractivity contribution >= 4 is 41.3 Å². The van der Waals surface area contributed by atoms with Gasteiger partial charge in [-0.25, -0.2) is 4.98 Å². The van der Waals surface area contributed by atoms with E-state index < -0.39 is 0 Å². The molecule has 0 saturated heterocycles. The Labute approximate surface area is 183 Å². The summed E-state index contributed by atoms with van der Waals surface area (Å²) in [7, 11) is 5.60. The lowest BCUT2D eigenvalue weighted by Gasteiger charge is -2.21. The first-order valence-corrected chi connectivity index (χ1v) is 9.88. The van der Waals surface area contributed by atoms with E-state index >= 15 is 0 Å². The van der Waals surface area contributed by atoms with Crippen LogP contribution in [0.25, 0.3) is 0 Å². The Kier molecular flexibility index (Phi) is 8.05. The predicted octanol–water partition coefficient (Wildman–Crippen LogP) is 4.34. The van der Waals surface area contributed by atoms with Crippen LogP contribution in [0.4, 0.5) is 0 Å². The largest absolute Gasteiger partial charge is 0.375 e. The smallest absolute Gasteiger partial charge is 0.193 e. The van der Waals surface area contributed by atoms with Gasteiger partial charge in [-0.2, -0.15) is 0 Å². The monoisotopic (exact) mass is 500 g/mol. The van der Waals surface area contributed by atoms with Crippen molar-refractivity contribution in [1.29, 1.82) is 0 Å². The van der Waals surface area contributed by atoms with E-state index in [4.69, 9.17) is 4.74 Å². The quantitative estimate of drug-likeness (QED) is 0.364. The molecule has 7 heteroatoms. The summed E-state index contributed by atoms with van der Waals surface area (Å²) in [5, 5.41) is 6.72. The standard InChI is InChI=1S/C20H28N4OS.HI/c1-13-8-6-7-9-16(13)17-10-18(17)23-20(21-3)24(4)11-15-12-26-19(22-15)14(2)25-5;/h6-9,12,14,17-18H,10-11H2,1-5H3,(H,21,23);1H. The topological polar surface area (TPSA) is 49.8 Å². The highest BCUT2D eigenvalue weighted by molar-refractivity contribution is 14.0. The Balaban J connectivity index is 0.00000261. The van der Waals surface area contributed by atoms with Gasteiger partial charge in [-0.15, -0.1) is 35.3 Å². The number of ether oxygens (including phenoxy) is 1. The molecule has 1 aliphatic rings. The van der Waals surface area contributed by atoms with Crippen molar-refractivity contribution in [3.8, 4) is 0 Å². The zero-order valence-corrected chi connectivity index (χ0v) is 19.7. The summed E-state index contributed by atoms with van der Waals surface area (Å²) in [5.41, 5.74) is 3.86. The molecule has 0 bridgehead atoms. The molecule has 1 aliphatic carbocycles. The number of aromatic nitrogens is 1. The summed E-state index contributed by atoms with van der Waals surface area (Å²) >= 11 is 1.65. The number of halogens is 1. The van der Waals surface area contributed by atoms with Gasteiger partial charge in [0.15, 0.2) is 5.96 Å². The first-order valence-electron chi connectivity index (χ1n) is 9.00. The van der Waals surface area contributed by atoms with Crippen LogP contribution in [-0.2, 0) is 11.3 Å². The maximum atomic E-state index is 5.35. The van der Waals surface area contributed by atoms with Crippen molar-refractivity contribution < 1.29 is 4.74 Å². The molecule has 1 aromatic carbocycles. The van der Waals surface area contributed by atoms with Crippen LogP contribution >= 0.6 is 35.3 Å². The van der Waals surface area contributed by atoms with Crippen LogP contribution in [0.15, 0.2) is 34.6 Å². The predicted molar refractivity (Wildman–Crippen MR) is 123 cm³/mol. The van der Waals surface area contributed by atoms with Gasteiger partial charge in [-0.1, -0.05) is 24.3 Å². The minimum absolute atomic E-state index is 0. The van der Waals surface area contributed by atoms with Crippen molar-refractivity contribution in [2.75, 3.05) is 21.2 Å². The van der Waals surface area contributed by atoms with Crippen molar-refractivity contribution in [3.05, 3.63) is 51.5 Å². The third kappa shape index (κ3) is 5.42. The van der Waals surface area contributed by atoms with Crippen molar-refractivity contribution in [3.63, 3.8) is 0 Å². The average molecular weight is 500 g/mol. The number of thiazole rings is 1. The Morgan fingerprint density at radius 3 is 2.85 bits per heavy atom. The number of hydrogen-bond acceptors (Lipinski definition) is 4. The molecule has 1 saturated carbocycles. The average Bonchev–Trinajstić information content (AvgIpc) is 3.25. The molecule has 1 N–H and O–H groups in total. The molecule has 1 aromatic heterocycles. The molecule has 3 unspecified atom stereocenters. The van der Waals surface area contributed by atoms with Gasteiger partial charge < -0.3 is 15.0 Å². The number of nitrogens with one attached hydrogen (secondary N) is 1. The SMILES string of the molecule is CN=C(NC1CC1c1ccccc1C)N(C)Cc1csc(C(C)OC)n1.I. The molecule has 0 aliphatic heterocycles. The number of hydrogen-bond donors (Lipinski definition) is 1. The van der Waals surface area contributed by atoms with Crippen molar-refractivity contribution in [1.82, 2.24) is 15.2 Å². The highest BCUT2D eigenvalue weighted by atomic mass is 127. The van der Waals surface area contributed by atoms with E-state index in [0.717, 1.165) is 29.6 Å². The van der Waals surface area contributed by atoms with Crippen molar-refractivity contribution in [2.24, 2.45) is 4.99 Å². The van der Waals surface area contributed by atoms with Crippen LogP contribution in [-0.4, -0.2) is 43.1 Å². The van der Waals surface area contributed by atoms with Gasteiger partial charge >= 0.3 is 0 Å². The maximum Gasteiger partial charge on any atom is 0.193 e. The van der Waals surface area contributed by atoms with E-state index in [1.807, 2.05) is 14.0 Å². The van der Waals surface area contributed by atoms with Crippen LogP contribution in [0.2, 0.25) is 0 Å². The van der Waals surface area contributed by atoms with Gasteiger partial charge in [0.25, 0.3) is 0 Å². The molecular formula is C20H29IN4OS. The molecule has 27 heavy (non-hydrogen) atoms. The summed E-state index contributed by atoms with van der Waals surface area (Å²) in [4.78, 5) is 11.3. The van der Waals surface area contributed by atoms with Gasteiger partial charge in [0.05, 0.1) is 12.2 Å². The summed E-state index contributed by atoms with van der Waals surface area (Å²) in [6.07, 6.45) is 1.20. The Bertz CT molecular complexity index is 779. The Morgan fingerprint density at radius 1 is 1.44 bits per heavy atom. The van der Waals surface area contributed by atoms with E-state index in [1.54, 1.807) is 18.4 Å². The summed E-state index contributed by atoms with van der Waals surface area (Å²) in [5.74, 6) is 1.50. The Hall–Kier alpha value is -1.19. The zero-order chi connectivity index (χ0) is 18.7. The second-order valence-corrected chi connectivity index (χ2v) is 7.80. The lowest BCUT2D eigenvalue weighted by atomic mass is 10.0. The molecule has 1 fully saturated rings. The number of benzene rings is 1. The fraction of sp³-hybridized carbons (Fsp3) is 0.500. The van der Waals surface area contributed by atoms with E-state index in [-0.39, 0.29) is 30.1 Å². The number of rotatable bonds is 6. The third-order valence-corrected chi connectivity index (χ3v) is 5.99. The zero-order valence-electron chi connectivity index (χ0n) is 16.6. The van der Waals surface area contributed by atoms with Crippen LogP contribution < -0.4 is 5.32 Å². The number of nitrogens with zero attached hydrogens (tertiary/aromatic N) is 3. The van der Waals surface area contributed by atoms with Gasteiger partial charge in [-0.05, 0) is 31.4 Å². The minimum atomic E-state index is 0. The van der Waals surface area contributed by atoms with E-state index in [1.165, 1.54) is 11.1 Å². The first kappa shape index (κ1) is 22.1. The molecule has 3 atom stereocenters. The number of methoxy groups -OCH3 is 1. The van der Waals surface area contributed by atoms with Crippen LogP contribution in [0.1, 0.15) is 47.2 Å². The second-order valence-electron chi connectivity index (χ2n) is 6.91. The second kappa shape index (κ2) is 9.84. The summed E-state index contributed by atoms with van der Waals surface area (Å²) in [6.45, 7) is 4.94. The van der Waals surface area contributed by atoms with E-state index in [0.29, 0.717) is 12.0 Å². The van der Waals surface area contributed by atoms with Crippen LogP contribution in [0.5, 0.6) is 0 Å². The lowest BCUT2D eigenvalue weighted by molar-refractivity contribution is 0.119. The van der Waals surface area contributed by atoms with Crippen LogP contribution in [0.3, 0.4) is 0 Å². The van der Waals surface area contributed by atoms with Crippen molar-refractivity contribution in [2.45, 2.75) is 44.9 Å². The molecule has 3 rings (SSSR count). The highest BCUT2D eigenvalue weighted by Crippen LogP contribution is 2.42. The number of aryl methyl sites for hydroxylation is 1. The van der Waals surface area contributed by atoms with Gasteiger partial charge in [0.2, 0.25) is 0 Å². The summed E-state index contributed by atoms with van der Waals surface area (Å²) < 4.78 is 5.35. The molecule has 0 amide bonds. The molecular weight excluding hydrogens is 471 g/mol. The van der Waals surface area contributed by atoms with Crippen LogP contribution in [0, 0.1) is 6.92 Å². The van der Waals surface area contributed by atoms with Gasteiger partial charge in [0, 0.05) is 38.5 Å². The van der Waals surface area contributed by atoms with E-state index in [2.05, 4.69) is 63.8 Å². The highest BCUT2D eigenvalue weighted by Gasteiger charge is 2.40. The fourth-order valence-electron chi connectivity index (χ4n) is 3.21. The molecule has 2 aromatic rings. The normalized spacial score (nSPS) is 20.0. The molecule has 5 nitrogen and oxygen atoms in total. The fourth-order valence-corrected chi connectivity index (χ4v) is 4.05. The third-order valence-electron chi connectivity index (χ3n) is 4.94.